The highest BCUT2D eigenvalue weighted by Crippen LogP contribution is 2.39. The number of hydrogen-bond donors (Lipinski definition) is 0. The molecular weight excluding hydrogens is 228 g/mol. The zero-order valence-electron chi connectivity index (χ0n) is 9.62. The smallest absolute Gasteiger partial charge is 0.164 e. The minimum atomic E-state index is 0.0556. The highest BCUT2D eigenvalue weighted by Gasteiger charge is 2.16. The van der Waals surface area contributed by atoms with E-state index in [-0.39, 0.29) is 5.92 Å². The highest BCUT2D eigenvalue weighted by atomic mass is 35.5. The number of hydrogen-bond acceptors (Lipinski definition) is 3. The second kappa shape index (κ2) is 5.75. The lowest BCUT2D eigenvalue weighted by Crippen LogP contribution is -2.01. The second-order valence-corrected chi connectivity index (χ2v) is 3.97. The molecule has 0 saturated carbocycles. The minimum Gasteiger partial charge on any atom is -0.493 e. The van der Waals surface area contributed by atoms with Crippen molar-refractivity contribution in [2.75, 3.05) is 14.2 Å². The molecule has 0 amide bonds. The Morgan fingerprint density at radius 2 is 2.06 bits per heavy atom. The largest absolute Gasteiger partial charge is 0.493 e. The average Bonchev–Trinajstić information content (AvgIpc) is 2.28. The Kier molecular flexibility index (Phi) is 4.62. The van der Waals surface area contributed by atoms with Gasteiger partial charge in [0.05, 0.1) is 14.2 Å². The fourth-order valence-corrected chi connectivity index (χ4v) is 1.81. The molecular formula is C12H15ClO3. The van der Waals surface area contributed by atoms with Crippen LogP contribution in [-0.4, -0.2) is 20.5 Å². The molecule has 0 spiro atoms. The van der Waals surface area contributed by atoms with Crippen molar-refractivity contribution in [2.45, 2.75) is 19.3 Å². The molecule has 0 aromatic heterocycles. The molecule has 1 atom stereocenters. The molecule has 0 fully saturated rings. The fourth-order valence-electron chi connectivity index (χ4n) is 1.60. The lowest BCUT2D eigenvalue weighted by atomic mass is 9.97. The van der Waals surface area contributed by atoms with E-state index in [1.54, 1.807) is 26.4 Å². The Morgan fingerprint density at radius 1 is 1.38 bits per heavy atom. The fraction of sp³-hybridized carbons (Fsp3) is 0.417. The normalized spacial score (nSPS) is 12.0. The molecule has 0 heterocycles. The molecule has 1 aromatic rings. The number of aldehydes is 1. The summed E-state index contributed by atoms with van der Waals surface area (Å²) in [6.45, 7) is 1.95. The summed E-state index contributed by atoms with van der Waals surface area (Å²) in [6.07, 6.45) is 1.32. The zero-order chi connectivity index (χ0) is 12.1. The van der Waals surface area contributed by atoms with Crippen LogP contribution in [0.15, 0.2) is 12.1 Å². The molecule has 0 bridgehead atoms. The van der Waals surface area contributed by atoms with Gasteiger partial charge in [0.25, 0.3) is 0 Å². The molecule has 4 heteroatoms. The molecule has 1 rings (SSSR count). The average molecular weight is 243 g/mol. The number of methoxy groups -OCH3 is 2. The van der Waals surface area contributed by atoms with Gasteiger partial charge in [-0.3, -0.25) is 0 Å². The van der Waals surface area contributed by atoms with E-state index in [0.29, 0.717) is 22.9 Å². The molecule has 0 N–H and O–H groups in total. The minimum absolute atomic E-state index is 0.0556. The van der Waals surface area contributed by atoms with E-state index in [1.165, 1.54) is 0 Å². The Labute approximate surface area is 100 Å². The van der Waals surface area contributed by atoms with E-state index < -0.39 is 0 Å². The first kappa shape index (κ1) is 12.8. The Hall–Kier alpha value is -1.22. The number of carbonyl (C=O) groups excluding carboxylic acids is 1. The molecule has 3 nitrogen and oxygen atoms in total. The first-order valence-corrected chi connectivity index (χ1v) is 5.36. The van der Waals surface area contributed by atoms with E-state index in [9.17, 15) is 4.79 Å². The van der Waals surface area contributed by atoms with E-state index in [0.717, 1.165) is 11.8 Å². The third-order valence-electron chi connectivity index (χ3n) is 2.45. The molecule has 0 aliphatic rings. The van der Waals surface area contributed by atoms with Crippen LogP contribution in [-0.2, 0) is 4.79 Å². The van der Waals surface area contributed by atoms with Gasteiger partial charge >= 0.3 is 0 Å². The van der Waals surface area contributed by atoms with Crippen molar-refractivity contribution in [3.63, 3.8) is 0 Å². The molecule has 16 heavy (non-hydrogen) atoms. The summed E-state index contributed by atoms with van der Waals surface area (Å²) in [6, 6.07) is 3.49. The van der Waals surface area contributed by atoms with Crippen LogP contribution in [0.25, 0.3) is 0 Å². The standard InChI is InChI=1S/C12H15ClO3/c1-8(4-5-14)10-6-9(13)7-11(15-2)12(10)16-3/h5-8H,4H2,1-3H3. The maximum Gasteiger partial charge on any atom is 0.164 e. The summed E-state index contributed by atoms with van der Waals surface area (Å²) in [5.74, 6) is 1.28. The van der Waals surface area contributed by atoms with Crippen LogP contribution >= 0.6 is 11.6 Å². The van der Waals surface area contributed by atoms with Crippen LogP contribution in [0.1, 0.15) is 24.8 Å². The van der Waals surface area contributed by atoms with Crippen LogP contribution in [0, 0.1) is 0 Å². The maximum absolute atomic E-state index is 10.5. The number of ether oxygens (including phenoxy) is 2. The van der Waals surface area contributed by atoms with Crippen molar-refractivity contribution in [1.29, 1.82) is 0 Å². The van der Waals surface area contributed by atoms with Crippen LogP contribution in [0.3, 0.4) is 0 Å². The van der Waals surface area contributed by atoms with Crippen LogP contribution < -0.4 is 9.47 Å². The summed E-state index contributed by atoms with van der Waals surface area (Å²) in [7, 11) is 3.13. The van der Waals surface area contributed by atoms with Crippen molar-refractivity contribution < 1.29 is 14.3 Å². The van der Waals surface area contributed by atoms with Gasteiger partial charge < -0.3 is 14.3 Å². The molecule has 1 aromatic carbocycles. The summed E-state index contributed by atoms with van der Waals surface area (Å²) in [4.78, 5) is 10.5. The SMILES string of the molecule is COc1cc(Cl)cc(C(C)CC=O)c1OC. The summed E-state index contributed by atoms with van der Waals surface area (Å²) < 4.78 is 10.5. The van der Waals surface area contributed by atoms with Crippen molar-refractivity contribution >= 4 is 17.9 Å². The van der Waals surface area contributed by atoms with Gasteiger partial charge in [-0.15, -0.1) is 0 Å². The van der Waals surface area contributed by atoms with E-state index in [4.69, 9.17) is 21.1 Å². The second-order valence-electron chi connectivity index (χ2n) is 3.53. The van der Waals surface area contributed by atoms with Crippen LogP contribution in [0.5, 0.6) is 11.5 Å². The summed E-state index contributed by atoms with van der Waals surface area (Å²) in [5, 5.41) is 0.574. The van der Waals surface area contributed by atoms with E-state index in [2.05, 4.69) is 0 Å². The topological polar surface area (TPSA) is 35.5 Å². The van der Waals surface area contributed by atoms with Crippen LogP contribution in [0.2, 0.25) is 5.02 Å². The zero-order valence-corrected chi connectivity index (χ0v) is 10.4. The third kappa shape index (κ3) is 2.67. The molecule has 0 aliphatic heterocycles. The van der Waals surface area contributed by atoms with Gasteiger partial charge in [0.2, 0.25) is 0 Å². The van der Waals surface area contributed by atoms with Crippen molar-refractivity contribution in [3.05, 3.63) is 22.7 Å². The van der Waals surface area contributed by atoms with Crippen LogP contribution in [0.4, 0.5) is 0 Å². The number of rotatable bonds is 5. The van der Waals surface area contributed by atoms with E-state index >= 15 is 0 Å². The van der Waals surface area contributed by atoms with Gasteiger partial charge in [0, 0.05) is 23.1 Å². The quantitative estimate of drug-likeness (QED) is 0.745. The predicted molar refractivity (Wildman–Crippen MR) is 63.7 cm³/mol. The predicted octanol–water partition coefficient (Wildman–Crippen LogP) is 3.05. The van der Waals surface area contributed by atoms with Gasteiger partial charge in [-0.2, -0.15) is 0 Å². The number of carbonyl (C=O) groups is 1. The van der Waals surface area contributed by atoms with Crippen molar-refractivity contribution in [1.82, 2.24) is 0 Å². The number of halogens is 1. The summed E-state index contributed by atoms with van der Waals surface area (Å²) in [5.41, 5.74) is 0.888. The Bertz CT molecular complexity index is 377. The molecule has 0 saturated heterocycles. The van der Waals surface area contributed by atoms with Gasteiger partial charge in [-0.1, -0.05) is 18.5 Å². The van der Waals surface area contributed by atoms with Gasteiger partial charge in [-0.25, -0.2) is 0 Å². The lowest BCUT2D eigenvalue weighted by molar-refractivity contribution is -0.108. The van der Waals surface area contributed by atoms with Gasteiger partial charge in [-0.05, 0) is 12.0 Å². The first-order chi connectivity index (χ1) is 7.63. The molecule has 0 radical (unpaired) electrons. The molecule has 88 valence electrons. The van der Waals surface area contributed by atoms with E-state index in [1.807, 2.05) is 6.92 Å². The third-order valence-corrected chi connectivity index (χ3v) is 2.67. The van der Waals surface area contributed by atoms with Crippen molar-refractivity contribution in [2.24, 2.45) is 0 Å². The molecule has 1 unspecified atom stereocenters. The summed E-state index contributed by atoms with van der Waals surface area (Å²) >= 11 is 5.98. The molecule has 0 aliphatic carbocycles. The maximum atomic E-state index is 10.5. The monoisotopic (exact) mass is 242 g/mol. The first-order valence-electron chi connectivity index (χ1n) is 4.99. The van der Waals surface area contributed by atoms with Gasteiger partial charge in [0.1, 0.15) is 6.29 Å². The lowest BCUT2D eigenvalue weighted by Gasteiger charge is -2.16. The Morgan fingerprint density at radius 3 is 2.56 bits per heavy atom. The number of benzene rings is 1. The Balaban J connectivity index is 3.24. The van der Waals surface area contributed by atoms with Crippen molar-refractivity contribution in [3.8, 4) is 11.5 Å². The van der Waals surface area contributed by atoms with Gasteiger partial charge in [0.15, 0.2) is 11.5 Å². The highest BCUT2D eigenvalue weighted by molar-refractivity contribution is 6.30.